The van der Waals surface area contributed by atoms with Crippen molar-refractivity contribution in [1.82, 2.24) is 15.5 Å². The normalized spacial score (nSPS) is 25.4. The van der Waals surface area contributed by atoms with Crippen molar-refractivity contribution in [1.29, 1.82) is 0 Å². The average molecular weight is 255 g/mol. The molecule has 5 nitrogen and oxygen atoms in total. The maximum Gasteiger partial charge on any atom is 0.234 e. The average Bonchev–Trinajstić information content (AvgIpc) is 2.57. The number of amides is 1. The molecule has 5 heteroatoms. The second-order valence-corrected chi connectivity index (χ2v) is 5.60. The molecule has 18 heavy (non-hydrogen) atoms. The molecule has 0 aromatic carbocycles. The Labute approximate surface area is 109 Å². The highest BCUT2D eigenvalue weighted by Gasteiger charge is 2.29. The fraction of sp³-hybridized carbons (Fsp3) is 0.923. The molecule has 2 aliphatic heterocycles. The number of nitrogens with zero attached hydrogens (tertiary/aromatic N) is 1. The minimum absolute atomic E-state index is 0.0700. The maximum atomic E-state index is 12.1. The fourth-order valence-electron chi connectivity index (χ4n) is 2.59. The lowest BCUT2D eigenvalue weighted by Crippen LogP contribution is -2.52. The van der Waals surface area contributed by atoms with E-state index in [4.69, 9.17) is 4.74 Å². The summed E-state index contributed by atoms with van der Waals surface area (Å²) in [6.45, 7) is 8.18. The van der Waals surface area contributed by atoms with Gasteiger partial charge in [-0.15, -0.1) is 0 Å². The number of hydrogen-bond acceptors (Lipinski definition) is 4. The van der Waals surface area contributed by atoms with E-state index in [9.17, 15) is 4.79 Å². The summed E-state index contributed by atoms with van der Waals surface area (Å²) < 4.78 is 5.34. The first-order valence-corrected chi connectivity index (χ1v) is 7.00. The van der Waals surface area contributed by atoms with Gasteiger partial charge in [-0.25, -0.2) is 0 Å². The molecule has 104 valence electrons. The number of nitrogens with one attached hydrogen (secondary N) is 2. The van der Waals surface area contributed by atoms with Gasteiger partial charge in [0.05, 0.1) is 6.54 Å². The highest BCUT2D eigenvalue weighted by Crippen LogP contribution is 2.19. The third kappa shape index (κ3) is 4.23. The first-order valence-electron chi connectivity index (χ1n) is 7.00. The first kappa shape index (κ1) is 13.8. The maximum absolute atomic E-state index is 12.1. The lowest BCUT2D eigenvalue weighted by molar-refractivity contribution is -0.125. The molecule has 0 aromatic heterocycles. The summed E-state index contributed by atoms with van der Waals surface area (Å²) in [6, 6.07) is 0. The molecule has 2 N–H and O–H groups in total. The highest BCUT2D eigenvalue weighted by atomic mass is 16.5. The lowest BCUT2D eigenvalue weighted by Gasteiger charge is -2.35. The van der Waals surface area contributed by atoms with Crippen molar-refractivity contribution < 1.29 is 9.53 Å². The van der Waals surface area contributed by atoms with Gasteiger partial charge in [-0.3, -0.25) is 9.69 Å². The van der Waals surface area contributed by atoms with Gasteiger partial charge in [0.25, 0.3) is 0 Å². The molecule has 1 amide bonds. The molecule has 0 bridgehead atoms. The quantitative estimate of drug-likeness (QED) is 0.743. The van der Waals surface area contributed by atoms with E-state index in [1.54, 1.807) is 0 Å². The van der Waals surface area contributed by atoms with Crippen LogP contribution in [-0.2, 0) is 9.53 Å². The Morgan fingerprint density at radius 2 is 2.11 bits per heavy atom. The lowest BCUT2D eigenvalue weighted by atomic mass is 9.92. The van der Waals surface area contributed by atoms with E-state index in [2.05, 4.69) is 22.5 Å². The summed E-state index contributed by atoms with van der Waals surface area (Å²) in [5.74, 6) is 0.154. The standard InChI is InChI=1S/C13H25N3O2/c1-13(3-9-18-10-4-13)15-12(17)11-16-7-2-5-14-6-8-16/h14H,2-11H2,1H3,(H,15,17). The third-order valence-electron chi connectivity index (χ3n) is 3.84. The van der Waals surface area contributed by atoms with Crippen LogP contribution in [0.1, 0.15) is 26.2 Å². The molecule has 2 aliphatic rings. The van der Waals surface area contributed by atoms with E-state index in [-0.39, 0.29) is 11.4 Å². The summed E-state index contributed by atoms with van der Waals surface area (Å²) in [5.41, 5.74) is -0.0700. The zero-order chi connectivity index (χ0) is 12.8. The van der Waals surface area contributed by atoms with Crippen LogP contribution in [0.25, 0.3) is 0 Å². The molecule has 0 spiro atoms. The molecule has 2 saturated heterocycles. The van der Waals surface area contributed by atoms with Gasteiger partial charge in [-0.1, -0.05) is 0 Å². The summed E-state index contributed by atoms with van der Waals surface area (Å²) in [7, 11) is 0. The summed E-state index contributed by atoms with van der Waals surface area (Å²) >= 11 is 0. The second kappa shape index (κ2) is 6.50. The van der Waals surface area contributed by atoms with E-state index in [0.717, 1.165) is 58.7 Å². The van der Waals surface area contributed by atoms with Crippen molar-refractivity contribution in [2.24, 2.45) is 0 Å². The molecule has 2 fully saturated rings. The Morgan fingerprint density at radius 3 is 2.89 bits per heavy atom. The highest BCUT2D eigenvalue weighted by molar-refractivity contribution is 5.78. The zero-order valence-corrected chi connectivity index (χ0v) is 11.3. The van der Waals surface area contributed by atoms with Gasteiger partial charge >= 0.3 is 0 Å². The van der Waals surface area contributed by atoms with Gasteiger partial charge in [0, 0.05) is 31.8 Å². The van der Waals surface area contributed by atoms with E-state index in [1.807, 2.05) is 0 Å². The summed E-state index contributed by atoms with van der Waals surface area (Å²) in [5, 5.41) is 6.53. The van der Waals surface area contributed by atoms with Crippen molar-refractivity contribution in [3.8, 4) is 0 Å². The molecular weight excluding hydrogens is 230 g/mol. The van der Waals surface area contributed by atoms with Crippen molar-refractivity contribution in [3.05, 3.63) is 0 Å². The van der Waals surface area contributed by atoms with Crippen molar-refractivity contribution in [3.63, 3.8) is 0 Å². The summed E-state index contributed by atoms with van der Waals surface area (Å²) in [4.78, 5) is 14.3. The van der Waals surface area contributed by atoms with Crippen LogP contribution < -0.4 is 10.6 Å². The fourth-order valence-corrected chi connectivity index (χ4v) is 2.59. The number of carbonyl (C=O) groups excluding carboxylic acids is 1. The van der Waals surface area contributed by atoms with Crippen LogP contribution in [0.2, 0.25) is 0 Å². The molecular formula is C13H25N3O2. The number of rotatable bonds is 3. The third-order valence-corrected chi connectivity index (χ3v) is 3.84. The number of ether oxygens (including phenoxy) is 1. The summed E-state index contributed by atoms with van der Waals surface area (Å²) in [6.07, 6.45) is 2.96. The molecule has 2 rings (SSSR count). The first-order chi connectivity index (χ1) is 8.68. The number of carbonyl (C=O) groups is 1. The van der Waals surface area contributed by atoms with Crippen LogP contribution >= 0.6 is 0 Å². The Bertz CT molecular complexity index is 269. The van der Waals surface area contributed by atoms with Crippen LogP contribution in [0.5, 0.6) is 0 Å². The van der Waals surface area contributed by atoms with Crippen LogP contribution in [0, 0.1) is 0 Å². The Hall–Kier alpha value is -0.650. The molecule has 0 unspecified atom stereocenters. The van der Waals surface area contributed by atoms with E-state index in [0.29, 0.717) is 6.54 Å². The van der Waals surface area contributed by atoms with Gasteiger partial charge in [0.15, 0.2) is 0 Å². The van der Waals surface area contributed by atoms with Gasteiger partial charge in [0.2, 0.25) is 5.91 Å². The topological polar surface area (TPSA) is 53.6 Å². The smallest absolute Gasteiger partial charge is 0.234 e. The minimum Gasteiger partial charge on any atom is -0.381 e. The predicted octanol–water partition coefficient (Wildman–Crippen LogP) is -0.0330. The Morgan fingerprint density at radius 1 is 1.33 bits per heavy atom. The second-order valence-electron chi connectivity index (χ2n) is 5.60. The molecule has 2 heterocycles. The Kier molecular flexibility index (Phi) is 4.97. The van der Waals surface area contributed by atoms with E-state index < -0.39 is 0 Å². The van der Waals surface area contributed by atoms with Crippen LogP contribution in [0.4, 0.5) is 0 Å². The minimum atomic E-state index is -0.0700. The monoisotopic (exact) mass is 255 g/mol. The molecule has 0 aliphatic carbocycles. The van der Waals surface area contributed by atoms with Gasteiger partial charge in [0.1, 0.15) is 0 Å². The number of hydrogen-bond donors (Lipinski definition) is 2. The Balaban J connectivity index is 1.76. The van der Waals surface area contributed by atoms with Crippen LogP contribution in [-0.4, -0.2) is 62.3 Å². The molecule has 0 aromatic rings. The van der Waals surface area contributed by atoms with Gasteiger partial charge in [-0.2, -0.15) is 0 Å². The molecule has 0 radical (unpaired) electrons. The molecule has 0 saturated carbocycles. The van der Waals surface area contributed by atoms with Crippen LogP contribution in [0.3, 0.4) is 0 Å². The van der Waals surface area contributed by atoms with Crippen molar-refractivity contribution in [2.45, 2.75) is 31.7 Å². The van der Waals surface area contributed by atoms with Crippen LogP contribution in [0.15, 0.2) is 0 Å². The SMILES string of the molecule is CC1(NC(=O)CN2CCCNCC2)CCOCC1. The zero-order valence-electron chi connectivity index (χ0n) is 11.3. The largest absolute Gasteiger partial charge is 0.381 e. The predicted molar refractivity (Wildman–Crippen MR) is 70.5 cm³/mol. The van der Waals surface area contributed by atoms with Crippen molar-refractivity contribution in [2.75, 3.05) is 45.9 Å². The van der Waals surface area contributed by atoms with Gasteiger partial charge in [-0.05, 0) is 39.3 Å². The van der Waals surface area contributed by atoms with E-state index >= 15 is 0 Å². The van der Waals surface area contributed by atoms with Crippen molar-refractivity contribution >= 4 is 5.91 Å². The van der Waals surface area contributed by atoms with Gasteiger partial charge < -0.3 is 15.4 Å². The van der Waals surface area contributed by atoms with E-state index in [1.165, 1.54) is 0 Å². The molecule has 0 atom stereocenters.